The molecule has 0 aliphatic heterocycles. The van der Waals surface area contributed by atoms with E-state index in [1.807, 2.05) is 6.07 Å². The van der Waals surface area contributed by atoms with E-state index in [-0.39, 0.29) is 0 Å². The molecule has 4 heteroatoms. The van der Waals surface area contributed by atoms with E-state index in [9.17, 15) is 0 Å². The molecule has 0 amide bonds. The van der Waals surface area contributed by atoms with Gasteiger partial charge in [0, 0.05) is 6.07 Å². The predicted octanol–water partition coefficient (Wildman–Crippen LogP) is 3.43. The van der Waals surface area contributed by atoms with E-state index >= 15 is 0 Å². The summed E-state index contributed by atoms with van der Waals surface area (Å²) in [6, 6.07) is 4.92. The van der Waals surface area contributed by atoms with E-state index in [1.54, 1.807) is 6.08 Å². The van der Waals surface area contributed by atoms with Crippen molar-refractivity contribution in [2.24, 2.45) is 0 Å². The fraction of sp³-hybridized carbons (Fsp3) is 0.100. The third kappa shape index (κ3) is 2.41. The highest BCUT2D eigenvalue weighted by Crippen LogP contribution is 2.30. The van der Waals surface area contributed by atoms with E-state index in [0.29, 0.717) is 28.0 Å². The minimum atomic E-state index is 0.330. The fourth-order valence-electron chi connectivity index (χ4n) is 0.874. The highest BCUT2D eigenvalue weighted by atomic mass is 35.5. The monoisotopic (exact) mass is 227 g/mol. The molecular formula is C10H7Cl2NO. The first-order valence-corrected chi connectivity index (χ1v) is 4.57. The summed E-state index contributed by atoms with van der Waals surface area (Å²) < 4.78 is 5.22. The third-order valence-corrected chi connectivity index (χ3v) is 2.11. The zero-order valence-corrected chi connectivity index (χ0v) is 8.77. The molecule has 2 nitrogen and oxygen atoms in total. The molecule has 0 atom stereocenters. The number of nitrogens with zero attached hydrogens (tertiary/aromatic N) is 1. The highest BCUT2D eigenvalue weighted by molar-refractivity contribution is 6.35. The van der Waals surface area contributed by atoms with Gasteiger partial charge in [0.25, 0.3) is 0 Å². The van der Waals surface area contributed by atoms with Gasteiger partial charge in [-0.1, -0.05) is 35.9 Å². The summed E-state index contributed by atoms with van der Waals surface area (Å²) in [5.74, 6) is 0.454. The van der Waals surface area contributed by atoms with Crippen molar-refractivity contribution in [2.45, 2.75) is 0 Å². The second kappa shape index (κ2) is 4.90. The normalized spacial score (nSPS) is 9.21. The molecule has 0 aromatic heterocycles. The van der Waals surface area contributed by atoms with Crippen molar-refractivity contribution in [1.82, 2.24) is 0 Å². The standard InChI is InChI=1S/C10H7Cl2NO/c1-2-3-14-10-5-8(11)7(6-13)4-9(10)12/h2,4-5H,1,3H2. The number of halogens is 2. The molecule has 14 heavy (non-hydrogen) atoms. The van der Waals surface area contributed by atoms with Gasteiger partial charge in [-0.05, 0) is 6.07 Å². The minimum Gasteiger partial charge on any atom is -0.488 e. The molecule has 0 saturated heterocycles. The Kier molecular flexibility index (Phi) is 3.82. The molecule has 1 aromatic rings. The maximum absolute atomic E-state index is 8.66. The van der Waals surface area contributed by atoms with E-state index in [0.717, 1.165) is 0 Å². The molecule has 0 radical (unpaired) electrons. The van der Waals surface area contributed by atoms with Crippen molar-refractivity contribution >= 4 is 23.2 Å². The number of rotatable bonds is 3. The molecule has 0 spiro atoms. The zero-order valence-electron chi connectivity index (χ0n) is 7.26. The predicted molar refractivity (Wildman–Crippen MR) is 56.9 cm³/mol. The van der Waals surface area contributed by atoms with Crippen molar-refractivity contribution in [3.8, 4) is 11.8 Å². The van der Waals surface area contributed by atoms with Gasteiger partial charge >= 0.3 is 0 Å². The number of hydrogen-bond acceptors (Lipinski definition) is 2. The first-order chi connectivity index (χ1) is 6.69. The van der Waals surface area contributed by atoms with Crippen LogP contribution >= 0.6 is 23.2 Å². The van der Waals surface area contributed by atoms with E-state index in [2.05, 4.69) is 6.58 Å². The van der Waals surface area contributed by atoms with Gasteiger partial charge in [-0.25, -0.2) is 0 Å². The topological polar surface area (TPSA) is 33.0 Å². The molecule has 72 valence electrons. The lowest BCUT2D eigenvalue weighted by molar-refractivity contribution is 0.363. The van der Waals surface area contributed by atoms with Gasteiger partial charge in [0.05, 0.1) is 15.6 Å². The molecule has 0 aliphatic rings. The first kappa shape index (κ1) is 10.9. The van der Waals surface area contributed by atoms with Gasteiger partial charge < -0.3 is 4.74 Å². The Morgan fingerprint density at radius 1 is 1.43 bits per heavy atom. The van der Waals surface area contributed by atoms with Crippen molar-refractivity contribution in [1.29, 1.82) is 5.26 Å². The third-order valence-electron chi connectivity index (χ3n) is 1.50. The summed E-state index contributed by atoms with van der Waals surface area (Å²) in [7, 11) is 0. The number of ether oxygens (including phenoxy) is 1. The molecule has 0 saturated carbocycles. The zero-order chi connectivity index (χ0) is 10.6. The quantitative estimate of drug-likeness (QED) is 0.742. The molecule has 0 heterocycles. The van der Waals surface area contributed by atoms with E-state index in [4.69, 9.17) is 33.2 Å². The fourth-order valence-corrected chi connectivity index (χ4v) is 1.29. The smallest absolute Gasteiger partial charge is 0.139 e. The van der Waals surface area contributed by atoms with Gasteiger partial charge in [-0.2, -0.15) is 5.26 Å². The van der Waals surface area contributed by atoms with Crippen LogP contribution in [-0.4, -0.2) is 6.61 Å². The van der Waals surface area contributed by atoms with Crippen molar-refractivity contribution in [2.75, 3.05) is 6.61 Å². The highest BCUT2D eigenvalue weighted by Gasteiger charge is 2.07. The Balaban J connectivity index is 3.03. The number of hydrogen-bond donors (Lipinski definition) is 0. The Bertz CT molecular complexity index is 396. The van der Waals surface area contributed by atoms with E-state index in [1.165, 1.54) is 12.1 Å². The van der Waals surface area contributed by atoms with Crippen molar-refractivity contribution in [3.05, 3.63) is 40.4 Å². The molecular weight excluding hydrogens is 221 g/mol. The Hall–Kier alpha value is -1.17. The molecule has 1 rings (SSSR count). The summed E-state index contributed by atoms with van der Waals surface area (Å²) in [5.41, 5.74) is 0.336. The van der Waals surface area contributed by atoms with Crippen LogP contribution < -0.4 is 4.74 Å². The maximum atomic E-state index is 8.66. The maximum Gasteiger partial charge on any atom is 0.139 e. The van der Waals surface area contributed by atoms with Crippen LogP contribution in [0.4, 0.5) is 0 Å². The average Bonchev–Trinajstić information content (AvgIpc) is 2.18. The number of benzene rings is 1. The lowest BCUT2D eigenvalue weighted by Gasteiger charge is -2.06. The van der Waals surface area contributed by atoms with Crippen LogP contribution in [0.2, 0.25) is 10.0 Å². The van der Waals surface area contributed by atoms with Crippen LogP contribution in [0.15, 0.2) is 24.8 Å². The average molecular weight is 228 g/mol. The van der Waals surface area contributed by atoms with Gasteiger partial charge in [-0.3, -0.25) is 0 Å². The summed E-state index contributed by atoms with van der Waals surface area (Å²) in [6.07, 6.45) is 1.60. The molecule has 1 aromatic carbocycles. The molecule has 0 fully saturated rings. The Morgan fingerprint density at radius 2 is 2.14 bits per heavy atom. The number of nitriles is 1. The second-order valence-electron chi connectivity index (χ2n) is 2.47. The van der Waals surface area contributed by atoms with Gasteiger partial charge in [0.1, 0.15) is 18.4 Å². The van der Waals surface area contributed by atoms with Gasteiger partial charge in [0.15, 0.2) is 0 Å². The van der Waals surface area contributed by atoms with Gasteiger partial charge in [0.2, 0.25) is 0 Å². The van der Waals surface area contributed by atoms with Crippen LogP contribution in [0.5, 0.6) is 5.75 Å². The molecule has 0 N–H and O–H groups in total. The lowest BCUT2D eigenvalue weighted by atomic mass is 10.2. The first-order valence-electron chi connectivity index (χ1n) is 3.82. The van der Waals surface area contributed by atoms with Crippen LogP contribution in [0.1, 0.15) is 5.56 Å². The summed E-state index contributed by atoms with van der Waals surface area (Å²) in [4.78, 5) is 0. The lowest BCUT2D eigenvalue weighted by Crippen LogP contribution is -1.94. The van der Waals surface area contributed by atoms with Gasteiger partial charge in [-0.15, -0.1) is 0 Å². The summed E-state index contributed by atoms with van der Waals surface area (Å²) >= 11 is 11.6. The van der Waals surface area contributed by atoms with Crippen LogP contribution in [0.25, 0.3) is 0 Å². The Morgan fingerprint density at radius 3 is 2.71 bits per heavy atom. The van der Waals surface area contributed by atoms with E-state index < -0.39 is 0 Å². The second-order valence-corrected chi connectivity index (χ2v) is 3.29. The molecule has 0 aliphatic carbocycles. The summed E-state index contributed by atoms with van der Waals surface area (Å²) in [5, 5.41) is 9.36. The molecule has 0 bridgehead atoms. The van der Waals surface area contributed by atoms with Crippen molar-refractivity contribution < 1.29 is 4.74 Å². The SMILES string of the molecule is C=CCOc1cc(Cl)c(C#N)cc1Cl. The van der Waals surface area contributed by atoms with Crippen LogP contribution in [-0.2, 0) is 0 Å². The summed E-state index contributed by atoms with van der Waals surface area (Å²) in [6.45, 7) is 3.86. The largest absolute Gasteiger partial charge is 0.488 e. The Labute approximate surface area is 92.3 Å². The van der Waals surface area contributed by atoms with Crippen LogP contribution in [0, 0.1) is 11.3 Å². The van der Waals surface area contributed by atoms with Crippen LogP contribution in [0.3, 0.4) is 0 Å². The van der Waals surface area contributed by atoms with Crippen molar-refractivity contribution in [3.63, 3.8) is 0 Å². The minimum absolute atomic E-state index is 0.330. The molecule has 0 unspecified atom stereocenters.